The molecule has 2 aromatic rings. The maximum absolute atomic E-state index is 5.96. The minimum Gasteiger partial charge on any atom is -0.231 e. The number of hydrogen-bond acceptors (Lipinski definition) is 1. The quantitative estimate of drug-likeness (QED) is 0.584. The molecule has 0 bridgehead atoms. The molecular weight excluding hydrogens is 186 g/mol. The van der Waals surface area contributed by atoms with E-state index in [0.29, 0.717) is 5.15 Å². The van der Waals surface area contributed by atoms with E-state index in [2.05, 4.69) is 12.0 Å². The van der Waals surface area contributed by atoms with E-state index >= 15 is 0 Å². The molecule has 0 fully saturated rings. The largest absolute Gasteiger partial charge is 0.310 e. The van der Waals surface area contributed by atoms with E-state index < -0.39 is 0 Å². The average molecular weight is 197 g/mol. The second-order valence-electron chi connectivity index (χ2n) is 3.22. The second-order valence-corrected chi connectivity index (χ2v) is 3.58. The molecule has 0 saturated heterocycles. The number of nitrogens with zero attached hydrogens (tertiary/aromatic N) is 3. The number of aryl methyl sites for hydroxylation is 2. The van der Waals surface area contributed by atoms with E-state index in [9.17, 15) is 0 Å². The molecule has 0 aliphatic rings. The van der Waals surface area contributed by atoms with Gasteiger partial charge in [0.1, 0.15) is 6.20 Å². The van der Waals surface area contributed by atoms with E-state index in [-0.39, 0.29) is 0 Å². The van der Waals surface area contributed by atoms with Gasteiger partial charge in [-0.2, -0.15) is 0 Å². The summed E-state index contributed by atoms with van der Waals surface area (Å²) in [6.45, 7) is 4.04. The summed E-state index contributed by atoms with van der Waals surface area (Å²) < 4.78 is 3.83. The van der Waals surface area contributed by atoms with Crippen molar-refractivity contribution in [2.45, 2.75) is 13.8 Å². The van der Waals surface area contributed by atoms with Crippen LogP contribution >= 0.6 is 11.6 Å². The molecule has 68 valence electrons. The zero-order chi connectivity index (χ0) is 9.59. The van der Waals surface area contributed by atoms with E-state index in [4.69, 9.17) is 11.6 Å². The first-order valence-electron chi connectivity index (χ1n) is 4.11. The Bertz CT molecular complexity index is 473. The fourth-order valence-corrected chi connectivity index (χ4v) is 1.70. The van der Waals surface area contributed by atoms with E-state index in [0.717, 1.165) is 11.2 Å². The molecule has 0 aliphatic carbocycles. The van der Waals surface area contributed by atoms with Gasteiger partial charge in [0, 0.05) is 11.1 Å². The third-order valence-electron chi connectivity index (χ3n) is 2.39. The lowest BCUT2D eigenvalue weighted by Gasteiger charge is -1.99. The molecule has 0 unspecified atom stereocenters. The van der Waals surface area contributed by atoms with Crippen molar-refractivity contribution < 1.29 is 4.57 Å². The maximum atomic E-state index is 5.96. The molecule has 2 rings (SSSR count). The highest BCUT2D eigenvalue weighted by Crippen LogP contribution is 2.17. The fraction of sp³-hybridized carbons (Fsp3) is 0.333. The predicted molar refractivity (Wildman–Crippen MR) is 50.9 cm³/mol. The summed E-state index contributed by atoms with van der Waals surface area (Å²) in [5, 5.41) is 4.79. The van der Waals surface area contributed by atoms with Crippen LogP contribution in [0.3, 0.4) is 0 Å². The van der Waals surface area contributed by atoms with Crippen molar-refractivity contribution in [2.75, 3.05) is 0 Å². The number of rotatable bonds is 0. The van der Waals surface area contributed by atoms with Crippen LogP contribution in [-0.4, -0.2) is 9.61 Å². The van der Waals surface area contributed by atoms with Gasteiger partial charge in [-0.1, -0.05) is 21.2 Å². The topological polar surface area (TPSA) is 21.2 Å². The van der Waals surface area contributed by atoms with Crippen molar-refractivity contribution in [3.8, 4) is 0 Å². The molecule has 0 spiro atoms. The summed E-state index contributed by atoms with van der Waals surface area (Å²) >= 11 is 5.96. The van der Waals surface area contributed by atoms with Crippen LogP contribution in [0.25, 0.3) is 5.65 Å². The van der Waals surface area contributed by atoms with Crippen LogP contribution in [-0.2, 0) is 7.05 Å². The summed E-state index contributed by atoms with van der Waals surface area (Å²) in [7, 11) is 2.00. The molecule has 13 heavy (non-hydrogen) atoms. The normalized spacial score (nSPS) is 11.1. The molecule has 0 N–H and O–H groups in total. The Balaban J connectivity index is 2.97. The lowest BCUT2D eigenvalue weighted by molar-refractivity contribution is -0.644. The van der Waals surface area contributed by atoms with E-state index in [1.807, 2.05) is 30.9 Å². The molecule has 0 atom stereocenters. The molecule has 0 aliphatic heterocycles. The smallest absolute Gasteiger partial charge is 0.231 e. The molecule has 3 nitrogen and oxygen atoms in total. The molecule has 0 aromatic carbocycles. The molecule has 2 heterocycles. The fourth-order valence-electron chi connectivity index (χ4n) is 1.48. The minimum atomic E-state index is 0.571. The summed E-state index contributed by atoms with van der Waals surface area (Å²) in [5.41, 5.74) is 3.30. The molecule has 0 amide bonds. The number of hydrogen-bond donors (Lipinski definition) is 0. The zero-order valence-electron chi connectivity index (χ0n) is 7.87. The molecule has 0 radical (unpaired) electrons. The van der Waals surface area contributed by atoms with Gasteiger partial charge in [0.25, 0.3) is 0 Å². The SMILES string of the molecule is Cc1c(Cl)nn2cc[n+](C)c2c1C. The monoisotopic (exact) mass is 196 g/mol. The van der Waals surface area contributed by atoms with Gasteiger partial charge in [0.15, 0.2) is 11.3 Å². The van der Waals surface area contributed by atoms with Crippen LogP contribution in [0.5, 0.6) is 0 Å². The van der Waals surface area contributed by atoms with Crippen LogP contribution in [0.15, 0.2) is 12.4 Å². The second kappa shape index (κ2) is 2.70. The summed E-state index contributed by atoms with van der Waals surface area (Å²) in [4.78, 5) is 0. The average Bonchev–Trinajstić information content (AvgIpc) is 2.43. The summed E-state index contributed by atoms with van der Waals surface area (Å²) in [6.07, 6.45) is 3.86. The Hall–Kier alpha value is -1.09. The minimum absolute atomic E-state index is 0.571. The molecule has 0 saturated carbocycles. The molecular formula is C9H11ClN3+. The van der Waals surface area contributed by atoms with Crippen LogP contribution in [0.1, 0.15) is 11.1 Å². The first-order valence-corrected chi connectivity index (χ1v) is 4.48. The van der Waals surface area contributed by atoms with E-state index in [1.54, 1.807) is 4.52 Å². The van der Waals surface area contributed by atoms with Gasteiger partial charge in [-0.05, 0) is 13.8 Å². The number of fused-ring (bicyclic) bond motifs is 1. The van der Waals surface area contributed by atoms with Gasteiger partial charge in [0.2, 0.25) is 0 Å². The lowest BCUT2D eigenvalue weighted by atomic mass is 10.2. The first-order chi connectivity index (χ1) is 6.11. The Labute approximate surface area is 81.6 Å². The van der Waals surface area contributed by atoms with Gasteiger partial charge in [0.05, 0.1) is 7.05 Å². The Morgan fingerprint density at radius 3 is 2.77 bits per heavy atom. The van der Waals surface area contributed by atoms with Crippen LogP contribution in [0.2, 0.25) is 5.15 Å². The van der Waals surface area contributed by atoms with Crippen LogP contribution in [0.4, 0.5) is 0 Å². The Morgan fingerprint density at radius 1 is 1.38 bits per heavy atom. The van der Waals surface area contributed by atoms with Crippen molar-refractivity contribution in [3.63, 3.8) is 0 Å². The highest BCUT2D eigenvalue weighted by molar-refractivity contribution is 6.30. The summed E-state index contributed by atoms with van der Waals surface area (Å²) in [6, 6.07) is 0. The van der Waals surface area contributed by atoms with Crippen molar-refractivity contribution >= 4 is 17.2 Å². The predicted octanol–water partition coefficient (Wildman–Crippen LogP) is 1.43. The highest BCUT2D eigenvalue weighted by atomic mass is 35.5. The maximum Gasteiger partial charge on any atom is 0.310 e. The van der Waals surface area contributed by atoms with Crippen molar-refractivity contribution in [3.05, 3.63) is 28.7 Å². The van der Waals surface area contributed by atoms with Gasteiger partial charge in [-0.15, -0.1) is 0 Å². The van der Waals surface area contributed by atoms with Crippen molar-refractivity contribution in [2.24, 2.45) is 7.05 Å². The third kappa shape index (κ3) is 1.11. The Kier molecular flexibility index (Phi) is 1.77. The van der Waals surface area contributed by atoms with Crippen LogP contribution < -0.4 is 4.57 Å². The zero-order valence-corrected chi connectivity index (χ0v) is 8.63. The first kappa shape index (κ1) is 8.51. The number of aromatic nitrogens is 3. The van der Waals surface area contributed by atoms with Gasteiger partial charge >= 0.3 is 5.65 Å². The third-order valence-corrected chi connectivity index (χ3v) is 2.74. The van der Waals surface area contributed by atoms with Gasteiger partial charge < -0.3 is 0 Å². The van der Waals surface area contributed by atoms with Gasteiger partial charge in [-0.25, -0.2) is 4.57 Å². The number of halogens is 1. The van der Waals surface area contributed by atoms with E-state index in [1.165, 1.54) is 5.56 Å². The van der Waals surface area contributed by atoms with Crippen LogP contribution in [0, 0.1) is 13.8 Å². The molecule has 2 aromatic heterocycles. The Morgan fingerprint density at radius 2 is 2.08 bits per heavy atom. The van der Waals surface area contributed by atoms with Crippen molar-refractivity contribution in [1.82, 2.24) is 9.61 Å². The van der Waals surface area contributed by atoms with Crippen molar-refractivity contribution in [1.29, 1.82) is 0 Å². The standard InChI is InChI=1S/C9H11ClN3/c1-6-7(2)9-12(3)4-5-13(9)11-8(6)10/h4-5H,1-3H3/q+1. The summed E-state index contributed by atoms with van der Waals surface area (Å²) in [5.74, 6) is 0. The number of imidazole rings is 1. The lowest BCUT2D eigenvalue weighted by Crippen LogP contribution is -2.27. The van der Waals surface area contributed by atoms with Gasteiger partial charge in [-0.3, -0.25) is 0 Å². The molecule has 4 heteroatoms. The highest BCUT2D eigenvalue weighted by Gasteiger charge is 2.15.